The molecule has 1 aliphatic heterocycles. The minimum absolute atomic E-state index is 0.271. The highest BCUT2D eigenvalue weighted by molar-refractivity contribution is 6.13. The Morgan fingerprint density at radius 1 is 1.45 bits per heavy atom. The van der Waals surface area contributed by atoms with Gasteiger partial charge in [0.15, 0.2) is 0 Å². The smallest absolute Gasteiger partial charge is 0.272 e. The van der Waals surface area contributed by atoms with Gasteiger partial charge in [-0.25, -0.2) is 0 Å². The van der Waals surface area contributed by atoms with Crippen molar-refractivity contribution < 1.29 is 9.59 Å². The number of nitrogens with one attached hydrogen (secondary N) is 1. The molecule has 6 nitrogen and oxygen atoms in total. The maximum absolute atomic E-state index is 12.6. The number of hydrogen-bond acceptors (Lipinski definition) is 4. The number of nitrogens with zero attached hydrogens (tertiary/aromatic N) is 2. The van der Waals surface area contributed by atoms with E-state index in [9.17, 15) is 9.59 Å². The second-order valence-electron chi connectivity index (χ2n) is 5.44. The number of anilines is 1. The summed E-state index contributed by atoms with van der Waals surface area (Å²) in [6.45, 7) is 3.63. The summed E-state index contributed by atoms with van der Waals surface area (Å²) in [4.78, 5) is 30.4. The van der Waals surface area contributed by atoms with Gasteiger partial charge in [-0.2, -0.15) is 0 Å². The minimum Gasteiger partial charge on any atom is -0.325 e. The molecule has 1 unspecified atom stereocenters. The van der Waals surface area contributed by atoms with Crippen molar-refractivity contribution in [3.05, 3.63) is 29.8 Å². The zero-order valence-electron chi connectivity index (χ0n) is 13.2. The first-order valence-corrected chi connectivity index (χ1v) is 7.45. The quantitative estimate of drug-likeness (QED) is 0.871. The zero-order valence-corrected chi connectivity index (χ0v) is 13.2. The topological polar surface area (TPSA) is 87.8 Å². The van der Waals surface area contributed by atoms with Gasteiger partial charge in [0.2, 0.25) is 12.1 Å². The average molecular weight is 302 g/mol. The number of benzene rings is 1. The van der Waals surface area contributed by atoms with Crippen molar-refractivity contribution in [1.29, 1.82) is 0 Å². The molecule has 1 heterocycles. The van der Waals surface area contributed by atoms with E-state index in [2.05, 4.69) is 17.2 Å². The van der Waals surface area contributed by atoms with E-state index in [0.717, 1.165) is 29.8 Å². The van der Waals surface area contributed by atoms with Crippen molar-refractivity contribution >= 4 is 23.2 Å². The fourth-order valence-electron chi connectivity index (χ4n) is 2.39. The fraction of sp³-hybridized carbons (Fsp3) is 0.438. The molecule has 2 amide bonds. The van der Waals surface area contributed by atoms with Crippen LogP contribution in [0.1, 0.15) is 32.3 Å². The Morgan fingerprint density at radius 3 is 2.77 bits per heavy atom. The molecule has 3 N–H and O–H groups in total. The first-order valence-electron chi connectivity index (χ1n) is 7.45. The van der Waals surface area contributed by atoms with Gasteiger partial charge in [-0.15, -0.1) is 0 Å². The average Bonchev–Trinajstić information content (AvgIpc) is 2.60. The number of carbonyl (C=O) groups excluding carboxylic acids is 2. The van der Waals surface area contributed by atoms with Crippen molar-refractivity contribution in [2.24, 2.45) is 10.7 Å². The van der Waals surface area contributed by atoms with Crippen molar-refractivity contribution in [2.75, 3.05) is 11.9 Å². The first-order chi connectivity index (χ1) is 10.5. The number of likely N-dealkylation sites (N-methyl/N-ethyl adjacent to an activating group) is 1. The monoisotopic (exact) mass is 302 g/mol. The van der Waals surface area contributed by atoms with Crippen LogP contribution < -0.4 is 16.0 Å². The molecule has 1 aromatic carbocycles. The summed E-state index contributed by atoms with van der Waals surface area (Å²) in [5.74, 6) is -0.662. The number of hydrogen-bond donors (Lipinski definition) is 2. The number of amides is 2. The number of fused-ring (bicyclic) bond motifs is 1. The number of carbonyl (C=O) groups is 2. The molecule has 0 saturated carbocycles. The molecule has 0 fully saturated rings. The summed E-state index contributed by atoms with van der Waals surface area (Å²) in [6.07, 6.45) is 0.708. The van der Waals surface area contributed by atoms with E-state index in [1.165, 1.54) is 4.90 Å². The van der Waals surface area contributed by atoms with Gasteiger partial charge in [-0.05, 0) is 19.4 Å². The van der Waals surface area contributed by atoms with Gasteiger partial charge >= 0.3 is 0 Å². The van der Waals surface area contributed by atoms with Gasteiger partial charge in [0.1, 0.15) is 0 Å². The molecule has 0 aliphatic carbocycles. The number of benzodiazepines with no additional fused rings is 1. The maximum Gasteiger partial charge on any atom is 0.272 e. The second kappa shape index (κ2) is 6.70. The third-order valence-electron chi connectivity index (χ3n) is 3.61. The van der Waals surface area contributed by atoms with Crippen LogP contribution in [0.4, 0.5) is 5.69 Å². The van der Waals surface area contributed by atoms with Crippen LogP contribution >= 0.6 is 0 Å². The highest BCUT2D eigenvalue weighted by Crippen LogP contribution is 2.25. The van der Waals surface area contributed by atoms with Crippen molar-refractivity contribution in [2.45, 2.75) is 38.9 Å². The molecule has 2 atom stereocenters. The molecule has 2 rings (SSSR count). The molecule has 0 saturated heterocycles. The molecule has 118 valence electrons. The third-order valence-corrected chi connectivity index (χ3v) is 3.61. The van der Waals surface area contributed by atoms with Crippen LogP contribution in [-0.4, -0.2) is 36.8 Å². The summed E-state index contributed by atoms with van der Waals surface area (Å²) in [5, 5.41) is 2.62. The highest BCUT2D eigenvalue weighted by atomic mass is 16.2. The Kier molecular flexibility index (Phi) is 4.92. The lowest BCUT2D eigenvalue weighted by molar-refractivity contribution is -0.127. The van der Waals surface area contributed by atoms with Crippen molar-refractivity contribution in [3.63, 3.8) is 0 Å². The van der Waals surface area contributed by atoms with Crippen molar-refractivity contribution in [1.82, 2.24) is 5.32 Å². The molecule has 0 spiro atoms. The molecule has 0 radical (unpaired) electrons. The predicted octanol–water partition coefficient (Wildman–Crippen LogP) is 1.04. The summed E-state index contributed by atoms with van der Waals surface area (Å²) < 4.78 is 0. The van der Waals surface area contributed by atoms with Gasteiger partial charge in [-0.1, -0.05) is 31.5 Å². The van der Waals surface area contributed by atoms with E-state index in [4.69, 9.17) is 5.73 Å². The van der Waals surface area contributed by atoms with Crippen LogP contribution in [0.2, 0.25) is 0 Å². The molecule has 1 aromatic rings. The highest BCUT2D eigenvalue weighted by Gasteiger charge is 2.30. The molecule has 22 heavy (non-hydrogen) atoms. The standard InChI is InChI=1S/C16H22N4O2/c1-4-7-12-11-8-5-6-9-13(11)20(3)16(22)14(18-12)19-15(21)10(2)17/h5-6,8-10,14H,4,7,17H2,1-3H3,(H,19,21)/t10-,14?/m0/s1. The molecule has 0 bridgehead atoms. The zero-order chi connectivity index (χ0) is 16.3. The third kappa shape index (κ3) is 3.17. The normalized spacial score (nSPS) is 19.1. The summed E-state index contributed by atoms with van der Waals surface area (Å²) in [5.41, 5.74) is 8.12. The number of para-hydroxylation sites is 1. The lowest BCUT2D eigenvalue weighted by atomic mass is 10.0. The van der Waals surface area contributed by atoms with E-state index in [-0.39, 0.29) is 5.91 Å². The fourth-order valence-corrected chi connectivity index (χ4v) is 2.39. The number of nitrogens with two attached hydrogens (primary N) is 1. The Bertz CT molecular complexity index is 610. The van der Waals surface area contributed by atoms with Gasteiger partial charge in [0.05, 0.1) is 11.7 Å². The second-order valence-corrected chi connectivity index (χ2v) is 5.44. The van der Waals surface area contributed by atoms with Crippen LogP contribution in [0.3, 0.4) is 0 Å². The Hall–Kier alpha value is -2.21. The number of aliphatic imine (C=N–C) groups is 1. The Morgan fingerprint density at radius 2 is 2.14 bits per heavy atom. The van der Waals surface area contributed by atoms with Gasteiger partial charge in [0, 0.05) is 18.3 Å². The summed E-state index contributed by atoms with van der Waals surface area (Å²) >= 11 is 0. The van der Waals surface area contributed by atoms with E-state index in [0.29, 0.717) is 0 Å². The first kappa shape index (κ1) is 16.2. The predicted molar refractivity (Wildman–Crippen MR) is 86.9 cm³/mol. The Labute approximate surface area is 130 Å². The van der Waals surface area contributed by atoms with Gasteiger partial charge < -0.3 is 16.0 Å². The molecule has 6 heteroatoms. The van der Waals surface area contributed by atoms with Gasteiger partial charge in [0.25, 0.3) is 5.91 Å². The molecular weight excluding hydrogens is 280 g/mol. The van der Waals surface area contributed by atoms with E-state index in [1.807, 2.05) is 24.3 Å². The van der Waals surface area contributed by atoms with E-state index in [1.54, 1.807) is 14.0 Å². The summed E-state index contributed by atoms with van der Waals surface area (Å²) in [6, 6.07) is 6.95. The molecule has 0 aromatic heterocycles. The lowest BCUT2D eigenvalue weighted by Gasteiger charge is -2.21. The largest absolute Gasteiger partial charge is 0.325 e. The lowest BCUT2D eigenvalue weighted by Crippen LogP contribution is -2.50. The van der Waals surface area contributed by atoms with Crippen LogP contribution in [0.25, 0.3) is 0 Å². The van der Waals surface area contributed by atoms with E-state index < -0.39 is 18.1 Å². The van der Waals surface area contributed by atoms with E-state index >= 15 is 0 Å². The van der Waals surface area contributed by atoms with Crippen molar-refractivity contribution in [3.8, 4) is 0 Å². The SMILES string of the molecule is CCCC1=NC(NC(=O)[C@H](C)N)C(=O)N(C)c2ccccc21. The van der Waals surface area contributed by atoms with Crippen LogP contribution in [-0.2, 0) is 9.59 Å². The van der Waals surface area contributed by atoms with Crippen LogP contribution in [0.5, 0.6) is 0 Å². The number of rotatable bonds is 4. The minimum atomic E-state index is -0.933. The maximum atomic E-state index is 12.6. The molecule has 1 aliphatic rings. The van der Waals surface area contributed by atoms with Crippen LogP contribution in [0, 0.1) is 0 Å². The molecular formula is C16H22N4O2. The van der Waals surface area contributed by atoms with Crippen LogP contribution in [0.15, 0.2) is 29.3 Å². The Balaban J connectivity index is 2.44. The summed E-state index contributed by atoms with van der Waals surface area (Å²) in [7, 11) is 1.69. The van der Waals surface area contributed by atoms with Gasteiger partial charge in [-0.3, -0.25) is 14.6 Å².